The van der Waals surface area contributed by atoms with Crippen LogP contribution in [0.1, 0.15) is 40.7 Å². The zero-order valence-corrected chi connectivity index (χ0v) is 15.2. The Balaban J connectivity index is 1.32. The fraction of sp³-hybridized carbons (Fsp3) is 0.435. The predicted octanol–water partition coefficient (Wildman–Crippen LogP) is 4.53. The summed E-state index contributed by atoms with van der Waals surface area (Å²) in [6, 6.07) is 15.3. The first-order valence-corrected chi connectivity index (χ1v) is 9.79. The molecule has 0 amide bonds. The lowest BCUT2D eigenvalue weighted by Crippen LogP contribution is -2.40. The highest BCUT2D eigenvalue weighted by Crippen LogP contribution is 2.35. The van der Waals surface area contributed by atoms with Crippen LogP contribution in [0.3, 0.4) is 0 Å². The van der Waals surface area contributed by atoms with Crippen molar-refractivity contribution >= 4 is 5.78 Å². The van der Waals surface area contributed by atoms with Crippen molar-refractivity contribution < 1.29 is 9.18 Å². The maximum atomic E-state index is 13.4. The van der Waals surface area contributed by atoms with Crippen LogP contribution in [0.25, 0.3) is 0 Å². The molecule has 0 saturated carbocycles. The normalized spacial score (nSPS) is 21.6. The third-order valence-electron chi connectivity index (χ3n) is 6.16. The summed E-state index contributed by atoms with van der Waals surface area (Å²) in [6.45, 7) is 3.26. The summed E-state index contributed by atoms with van der Waals surface area (Å²) in [7, 11) is 0. The van der Waals surface area contributed by atoms with E-state index in [2.05, 4.69) is 35.2 Å². The lowest BCUT2D eigenvalue weighted by atomic mass is 9.73. The van der Waals surface area contributed by atoms with Crippen LogP contribution in [0, 0.1) is 17.7 Å². The van der Waals surface area contributed by atoms with Crippen molar-refractivity contribution in [2.75, 3.05) is 19.6 Å². The molecule has 0 radical (unpaired) electrons. The number of aryl methyl sites for hydroxylation is 1. The number of rotatable bonds is 4. The molecule has 0 bridgehead atoms. The Morgan fingerprint density at radius 3 is 2.54 bits per heavy atom. The van der Waals surface area contributed by atoms with Crippen molar-refractivity contribution in [2.45, 2.75) is 32.1 Å². The molecule has 2 aliphatic rings. The number of Topliss-reactive ketones (excluding diaryl/α,β-unsaturated/α-hetero) is 1. The van der Waals surface area contributed by atoms with Gasteiger partial charge >= 0.3 is 0 Å². The van der Waals surface area contributed by atoms with Crippen molar-refractivity contribution in [3.05, 3.63) is 71.0 Å². The number of fused-ring (bicyclic) bond motifs is 1. The smallest absolute Gasteiger partial charge is 0.166 e. The molecule has 26 heavy (non-hydrogen) atoms. The number of benzene rings is 2. The second-order valence-corrected chi connectivity index (χ2v) is 7.73. The number of carbonyl (C=O) groups is 1. The number of halogens is 1. The van der Waals surface area contributed by atoms with Crippen LogP contribution in [-0.4, -0.2) is 30.3 Å². The van der Waals surface area contributed by atoms with E-state index in [-0.39, 0.29) is 17.5 Å². The van der Waals surface area contributed by atoms with E-state index in [1.54, 1.807) is 6.07 Å². The zero-order valence-electron chi connectivity index (χ0n) is 15.2. The average molecular weight is 351 g/mol. The first-order valence-electron chi connectivity index (χ1n) is 9.79. The Kier molecular flexibility index (Phi) is 5.16. The van der Waals surface area contributed by atoms with E-state index in [1.165, 1.54) is 17.7 Å². The molecule has 1 saturated heterocycles. The fourth-order valence-electron chi connectivity index (χ4n) is 4.61. The minimum absolute atomic E-state index is 0.129. The van der Waals surface area contributed by atoms with Crippen LogP contribution >= 0.6 is 0 Å². The van der Waals surface area contributed by atoms with Gasteiger partial charge in [-0.3, -0.25) is 4.79 Å². The van der Waals surface area contributed by atoms with Gasteiger partial charge in [0, 0.05) is 18.0 Å². The molecule has 4 rings (SSSR count). The van der Waals surface area contributed by atoms with Gasteiger partial charge in [-0.1, -0.05) is 30.3 Å². The van der Waals surface area contributed by atoms with Crippen LogP contribution in [0.15, 0.2) is 48.5 Å². The second-order valence-electron chi connectivity index (χ2n) is 7.73. The quantitative estimate of drug-likeness (QED) is 0.807. The number of carbonyl (C=O) groups excluding carboxylic acids is 1. The average Bonchev–Trinajstić information content (AvgIpc) is 2.68. The van der Waals surface area contributed by atoms with Gasteiger partial charge in [-0.2, -0.15) is 0 Å². The summed E-state index contributed by atoms with van der Waals surface area (Å²) in [5, 5.41) is 0. The van der Waals surface area contributed by atoms with Gasteiger partial charge in [0.15, 0.2) is 5.78 Å². The number of piperidine rings is 1. The highest BCUT2D eigenvalue weighted by atomic mass is 19.1. The number of likely N-dealkylation sites (tertiary alicyclic amines) is 1. The molecule has 1 fully saturated rings. The molecular weight excluding hydrogens is 325 g/mol. The monoisotopic (exact) mass is 351 g/mol. The van der Waals surface area contributed by atoms with Crippen LogP contribution in [0.5, 0.6) is 0 Å². The molecule has 1 aliphatic carbocycles. The maximum absolute atomic E-state index is 13.4. The van der Waals surface area contributed by atoms with Crippen LogP contribution in [0.4, 0.5) is 4.39 Å². The standard InChI is InChI=1S/C23H26FNO/c24-20-7-9-22-19(16-20)6-8-21(23(22)26)18-11-14-25(15-12-18)13-10-17-4-2-1-3-5-17/h1-5,7,9,16,18,21H,6,8,10-15H2. The lowest BCUT2D eigenvalue weighted by Gasteiger charge is -2.37. The van der Waals surface area contributed by atoms with Crippen molar-refractivity contribution in [1.29, 1.82) is 0 Å². The Morgan fingerprint density at radius 2 is 1.77 bits per heavy atom. The maximum Gasteiger partial charge on any atom is 0.166 e. The van der Waals surface area contributed by atoms with Gasteiger partial charge in [0.25, 0.3) is 0 Å². The molecule has 0 spiro atoms. The third-order valence-corrected chi connectivity index (χ3v) is 6.16. The second kappa shape index (κ2) is 7.71. The molecule has 1 heterocycles. The molecule has 2 nitrogen and oxygen atoms in total. The SMILES string of the molecule is O=C1c2ccc(F)cc2CCC1C1CCN(CCc2ccccc2)CC1. The van der Waals surface area contributed by atoms with Crippen molar-refractivity contribution in [3.63, 3.8) is 0 Å². The third kappa shape index (κ3) is 3.73. The molecule has 0 aromatic heterocycles. The van der Waals surface area contributed by atoms with Crippen molar-refractivity contribution in [2.24, 2.45) is 11.8 Å². The molecular formula is C23H26FNO. The van der Waals surface area contributed by atoms with Gasteiger partial charge in [0.1, 0.15) is 5.82 Å². The van der Waals surface area contributed by atoms with E-state index in [4.69, 9.17) is 0 Å². The number of nitrogens with zero attached hydrogens (tertiary/aromatic N) is 1. The number of ketones is 1. The van der Waals surface area contributed by atoms with Gasteiger partial charge in [-0.05, 0) is 80.4 Å². The van der Waals surface area contributed by atoms with E-state index in [0.29, 0.717) is 5.92 Å². The minimum Gasteiger partial charge on any atom is -0.303 e. The van der Waals surface area contributed by atoms with E-state index >= 15 is 0 Å². The first-order chi connectivity index (χ1) is 12.7. The van der Waals surface area contributed by atoms with Crippen molar-refractivity contribution in [1.82, 2.24) is 4.90 Å². The molecule has 136 valence electrons. The topological polar surface area (TPSA) is 20.3 Å². The highest BCUT2D eigenvalue weighted by molar-refractivity contribution is 6.00. The van der Waals surface area contributed by atoms with Crippen LogP contribution in [-0.2, 0) is 12.8 Å². The van der Waals surface area contributed by atoms with E-state index in [1.807, 2.05) is 0 Å². The van der Waals surface area contributed by atoms with E-state index in [9.17, 15) is 9.18 Å². The lowest BCUT2D eigenvalue weighted by molar-refractivity contribution is 0.0769. The predicted molar refractivity (Wildman–Crippen MR) is 102 cm³/mol. The molecule has 1 atom stereocenters. The van der Waals surface area contributed by atoms with Gasteiger partial charge < -0.3 is 4.90 Å². The summed E-state index contributed by atoms with van der Waals surface area (Å²) in [4.78, 5) is 15.4. The summed E-state index contributed by atoms with van der Waals surface area (Å²) in [5.41, 5.74) is 3.04. The largest absolute Gasteiger partial charge is 0.303 e. The molecule has 1 unspecified atom stereocenters. The van der Waals surface area contributed by atoms with Crippen LogP contribution in [0.2, 0.25) is 0 Å². The van der Waals surface area contributed by atoms with Gasteiger partial charge in [0.2, 0.25) is 0 Å². The first kappa shape index (κ1) is 17.4. The zero-order chi connectivity index (χ0) is 17.9. The minimum atomic E-state index is -0.235. The van der Waals surface area contributed by atoms with E-state index < -0.39 is 0 Å². The summed E-state index contributed by atoms with van der Waals surface area (Å²) < 4.78 is 13.4. The summed E-state index contributed by atoms with van der Waals surface area (Å²) >= 11 is 0. The van der Waals surface area contributed by atoms with Crippen molar-refractivity contribution in [3.8, 4) is 0 Å². The van der Waals surface area contributed by atoms with E-state index in [0.717, 1.165) is 62.9 Å². The number of hydrogen-bond donors (Lipinski definition) is 0. The van der Waals surface area contributed by atoms with Gasteiger partial charge in [-0.25, -0.2) is 4.39 Å². The Bertz CT molecular complexity index is 765. The molecule has 2 aromatic rings. The Morgan fingerprint density at radius 1 is 1.00 bits per heavy atom. The molecule has 3 heteroatoms. The molecule has 0 N–H and O–H groups in total. The molecule has 1 aliphatic heterocycles. The Hall–Kier alpha value is -2.00. The van der Waals surface area contributed by atoms with Gasteiger partial charge in [0.05, 0.1) is 0 Å². The fourth-order valence-corrected chi connectivity index (χ4v) is 4.61. The number of hydrogen-bond acceptors (Lipinski definition) is 2. The summed E-state index contributed by atoms with van der Waals surface area (Å²) in [5.74, 6) is 0.619. The Labute approximate surface area is 155 Å². The summed E-state index contributed by atoms with van der Waals surface area (Å²) in [6.07, 6.45) is 5.00. The highest BCUT2D eigenvalue weighted by Gasteiger charge is 2.35. The molecule has 2 aromatic carbocycles. The van der Waals surface area contributed by atoms with Gasteiger partial charge in [-0.15, -0.1) is 0 Å². The van der Waals surface area contributed by atoms with Crippen LogP contribution < -0.4 is 0 Å².